The molecule has 7 nitrogen and oxygen atoms in total. The molecule has 1 aromatic heterocycles. The van der Waals surface area contributed by atoms with Gasteiger partial charge in [0, 0.05) is 58.3 Å². The third-order valence-corrected chi connectivity index (χ3v) is 4.80. The zero-order valence-electron chi connectivity index (χ0n) is 13.8. The highest BCUT2D eigenvalue weighted by atomic mass is 16.2. The molecule has 1 atom stereocenters. The monoisotopic (exact) mass is 327 g/mol. The number of likely N-dealkylation sites (tertiary alicyclic amines) is 1. The number of piperidine rings is 1. The summed E-state index contributed by atoms with van der Waals surface area (Å²) in [5, 5.41) is 8.98. The molecule has 2 amide bonds. The Kier molecular flexibility index (Phi) is 4.65. The Hall–Kier alpha value is -2.62. The predicted molar refractivity (Wildman–Crippen MR) is 88.1 cm³/mol. The predicted octanol–water partition coefficient (Wildman–Crippen LogP) is 0.470. The van der Waals surface area contributed by atoms with E-state index in [2.05, 4.69) is 16.0 Å². The number of nitriles is 1. The van der Waals surface area contributed by atoms with Crippen molar-refractivity contribution in [3.63, 3.8) is 0 Å². The maximum Gasteiger partial charge on any atom is 0.226 e. The second-order valence-corrected chi connectivity index (χ2v) is 6.33. The van der Waals surface area contributed by atoms with Crippen LogP contribution in [0.4, 0.5) is 5.82 Å². The molecule has 0 N–H and O–H groups in total. The molecule has 0 aromatic carbocycles. The number of pyridine rings is 1. The molecule has 2 aliphatic rings. The molecule has 126 valence electrons. The molecule has 2 aliphatic heterocycles. The fraction of sp³-hybridized carbons (Fsp3) is 0.529. The van der Waals surface area contributed by atoms with Crippen molar-refractivity contribution in [2.24, 2.45) is 5.92 Å². The minimum atomic E-state index is -0.180. The van der Waals surface area contributed by atoms with Gasteiger partial charge in [0.25, 0.3) is 0 Å². The van der Waals surface area contributed by atoms with Crippen LogP contribution in [0.3, 0.4) is 0 Å². The SMILES string of the molecule is CN1CC[C@@H](C(=O)N2CCN(c3cc(C#N)ccn3)CC2)CC1=O. The maximum absolute atomic E-state index is 12.6. The van der Waals surface area contributed by atoms with Crippen LogP contribution in [-0.2, 0) is 9.59 Å². The van der Waals surface area contributed by atoms with Gasteiger partial charge in [-0.3, -0.25) is 9.59 Å². The zero-order valence-corrected chi connectivity index (χ0v) is 13.8. The van der Waals surface area contributed by atoms with Crippen LogP contribution in [0.5, 0.6) is 0 Å². The summed E-state index contributed by atoms with van der Waals surface area (Å²) in [4.78, 5) is 34.4. The number of aromatic nitrogens is 1. The lowest BCUT2D eigenvalue weighted by molar-refractivity contribution is -0.144. The van der Waals surface area contributed by atoms with Crippen LogP contribution in [0.25, 0.3) is 0 Å². The zero-order chi connectivity index (χ0) is 17.1. The van der Waals surface area contributed by atoms with Gasteiger partial charge in [-0.2, -0.15) is 5.26 Å². The third-order valence-electron chi connectivity index (χ3n) is 4.80. The second kappa shape index (κ2) is 6.87. The first-order valence-electron chi connectivity index (χ1n) is 8.22. The van der Waals surface area contributed by atoms with Crippen molar-refractivity contribution in [2.45, 2.75) is 12.8 Å². The Balaban J connectivity index is 1.57. The summed E-state index contributed by atoms with van der Waals surface area (Å²) in [6.07, 6.45) is 2.70. The first-order chi connectivity index (χ1) is 11.6. The number of carbonyl (C=O) groups is 2. The van der Waals surface area contributed by atoms with Crippen LogP contribution in [0.15, 0.2) is 18.3 Å². The van der Waals surface area contributed by atoms with Gasteiger partial charge in [-0.15, -0.1) is 0 Å². The molecule has 24 heavy (non-hydrogen) atoms. The molecule has 3 rings (SSSR count). The summed E-state index contributed by atoms with van der Waals surface area (Å²) in [7, 11) is 1.78. The van der Waals surface area contributed by atoms with Crippen molar-refractivity contribution in [3.8, 4) is 6.07 Å². The summed E-state index contributed by atoms with van der Waals surface area (Å²) in [6, 6.07) is 5.57. The lowest BCUT2D eigenvalue weighted by atomic mass is 9.94. The van der Waals surface area contributed by atoms with Gasteiger partial charge in [0.05, 0.1) is 11.6 Å². The first kappa shape index (κ1) is 16.2. The minimum Gasteiger partial charge on any atom is -0.353 e. The van der Waals surface area contributed by atoms with Crippen molar-refractivity contribution >= 4 is 17.6 Å². The smallest absolute Gasteiger partial charge is 0.226 e. The minimum absolute atomic E-state index is 0.0516. The van der Waals surface area contributed by atoms with Crippen LogP contribution >= 0.6 is 0 Å². The van der Waals surface area contributed by atoms with Gasteiger partial charge in [0.2, 0.25) is 11.8 Å². The van der Waals surface area contributed by atoms with E-state index in [0.29, 0.717) is 44.7 Å². The number of anilines is 1. The van der Waals surface area contributed by atoms with E-state index in [1.165, 1.54) is 0 Å². The van der Waals surface area contributed by atoms with Gasteiger partial charge in [-0.05, 0) is 18.6 Å². The number of hydrogen-bond acceptors (Lipinski definition) is 5. The normalized spacial score (nSPS) is 21.6. The van der Waals surface area contributed by atoms with E-state index < -0.39 is 0 Å². The standard InChI is InChI=1S/C17H21N5O2/c1-20-5-3-14(11-16(20)23)17(24)22-8-6-21(7-9-22)15-10-13(12-18)2-4-19-15/h2,4,10,14H,3,5-9,11H2,1H3/t14-/m1/s1. The van der Waals surface area contributed by atoms with Crippen molar-refractivity contribution in [1.82, 2.24) is 14.8 Å². The molecule has 0 radical (unpaired) electrons. The summed E-state index contributed by atoms with van der Waals surface area (Å²) in [5.41, 5.74) is 0.586. The van der Waals surface area contributed by atoms with E-state index in [1.54, 1.807) is 30.3 Å². The average Bonchev–Trinajstić information content (AvgIpc) is 2.63. The highest BCUT2D eigenvalue weighted by Crippen LogP contribution is 2.21. The Bertz CT molecular complexity index is 676. The second-order valence-electron chi connectivity index (χ2n) is 6.33. The molecule has 1 aromatic rings. The van der Waals surface area contributed by atoms with Crippen molar-refractivity contribution in [2.75, 3.05) is 44.7 Å². The molecule has 0 aliphatic carbocycles. The third kappa shape index (κ3) is 3.32. The van der Waals surface area contributed by atoms with E-state index in [0.717, 1.165) is 12.2 Å². The lowest BCUT2D eigenvalue weighted by Crippen LogP contribution is -2.52. The molecule has 0 bridgehead atoms. The van der Waals surface area contributed by atoms with Crippen LogP contribution in [0.2, 0.25) is 0 Å². The molecular weight excluding hydrogens is 306 g/mol. The fourth-order valence-electron chi connectivity index (χ4n) is 3.23. The molecule has 7 heteroatoms. The summed E-state index contributed by atoms with van der Waals surface area (Å²) >= 11 is 0. The Morgan fingerprint density at radius 3 is 2.71 bits per heavy atom. The van der Waals surface area contributed by atoms with E-state index in [9.17, 15) is 9.59 Å². The Morgan fingerprint density at radius 2 is 2.04 bits per heavy atom. The highest BCUT2D eigenvalue weighted by molar-refractivity contribution is 5.87. The van der Waals surface area contributed by atoms with Crippen molar-refractivity contribution < 1.29 is 9.59 Å². The Labute approximate surface area is 141 Å². The van der Waals surface area contributed by atoms with Crippen LogP contribution in [0.1, 0.15) is 18.4 Å². The highest BCUT2D eigenvalue weighted by Gasteiger charge is 2.33. The van der Waals surface area contributed by atoms with Crippen molar-refractivity contribution in [1.29, 1.82) is 5.26 Å². The summed E-state index contributed by atoms with van der Waals surface area (Å²) in [5.74, 6) is 0.737. The number of nitrogens with zero attached hydrogens (tertiary/aromatic N) is 5. The molecule has 0 saturated carbocycles. The van der Waals surface area contributed by atoms with E-state index in [4.69, 9.17) is 5.26 Å². The van der Waals surface area contributed by atoms with Gasteiger partial charge in [-0.1, -0.05) is 0 Å². The quantitative estimate of drug-likeness (QED) is 0.789. The van der Waals surface area contributed by atoms with Crippen LogP contribution in [0, 0.1) is 17.2 Å². The number of hydrogen-bond donors (Lipinski definition) is 0. The molecule has 3 heterocycles. The number of piperazine rings is 1. The largest absolute Gasteiger partial charge is 0.353 e. The van der Waals surface area contributed by atoms with Crippen molar-refractivity contribution in [3.05, 3.63) is 23.9 Å². The molecule has 0 unspecified atom stereocenters. The van der Waals surface area contributed by atoms with Crippen LogP contribution in [-0.4, -0.2) is 66.4 Å². The first-order valence-corrected chi connectivity index (χ1v) is 8.22. The molecule has 2 saturated heterocycles. The molecule has 0 spiro atoms. The number of carbonyl (C=O) groups excluding carboxylic acids is 2. The van der Waals surface area contributed by atoms with Crippen LogP contribution < -0.4 is 4.90 Å². The van der Waals surface area contributed by atoms with E-state index in [-0.39, 0.29) is 17.7 Å². The lowest BCUT2D eigenvalue weighted by Gasteiger charge is -2.38. The van der Waals surface area contributed by atoms with E-state index in [1.807, 2.05) is 4.90 Å². The summed E-state index contributed by atoms with van der Waals surface area (Å²) in [6.45, 7) is 3.28. The molecule has 2 fully saturated rings. The molecular formula is C17H21N5O2. The maximum atomic E-state index is 12.6. The Morgan fingerprint density at radius 1 is 1.29 bits per heavy atom. The van der Waals surface area contributed by atoms with E-state index >= 15 is 0 Å². The van der Waals surface area contributed by atoms with Gasteiger partial charge in [-0.25, -0.2) is 4.98 Å². The average molecular weight is 327 g/mol. The number of amides is 2. The van der Waals surface area contributed by atoms with Gasteiger partial charge >= 0.3 is 0 Å². The summed E-state index contributed by atoms with van der Waals surface area (Å²) < 4.78 is 0. The number of rotatable bonds is 2. The van der Waals surface area contributed by atoms with Gasteiger partial charge in [0.15, 0.2) is 0 Å². The topological polar surface area (TPSA) is 80.5 Å². The van der Waals surface area contributed by atoms with Gasteiger partial charge in [0.1, 0.15) is 5.82 Å². The van der Waals surface area contributed by atoms with Gasteiger partial charge < -0.3 is 14.7 Å². The fourth-order valence-corrected chi connectivity index (χ4v) is 3.23.